The lowest BCUT2D eigenvalue weighted by Gasteiger charge is -2.08. The Labute approximate surface area is 143 Å². The number of nitrogens with one attached hydrogen (secondary N) is 2. The van der Waals surface area contributed by atoms with Gasteiger partial charge in [0, 0.05) is 17.1 Å². The van der Waals surface area contributed by atoms with Gasteiger partial charge >= 0.3 is 0 Å². The zero-order valence-corrected chi connectivity index (χ0v) is 13.6. The summed E-state index contributed by atoms with van der Waals surface area (Å²) >= 11 is 1.56. The molecule has 3 aromatic rings. The van der Waals surface area contributed by atoms with E-state index in [1.807, 2.05) is 35.7 Å². The molecule has 2 N–H and O–H groups in total. The van der Waals surface area contributed by atoms with Gasteiger partial charge in [-0.15, -0.1) is 11.3 Å². The molecule has 0 spiro atoms. The number of amides is 2. The predicted octanol–water partition coefficient (Wildman–Crippen LogP) is 3.45. The Bertz CT molecular complexity index is 811. The Morgan fingerprint density at radius 1 is 1.08 bits per heavy atom. The highest BCUT2D eigenvalue weighted by Crippen LogP contribution is 2.13. The van der Waals surface area contributed by atoms with Gasteiger partial charge in [0.1, 0.15) is 0 Å². The van der Waals surface area contributed by atoms with E-state index in [9.17, 15) is 9.59 Å². The van der Waals surface area contributed by atoms with Crippen LogP contribution in [-0.4, -0.2) is 11.8 Å². The third-order valence-corrected chi connectivity index (χ3v) is 4.21. The van der Waals surface area contributed by atoms with E-state index in [0.29, 0.717) is 18.7 Å². The number of hydrogen-bond donors (Lipinski definition) is 2. The van der Waals surface area contributed by atoms with Crippen molar-refractivity contribution in [3.63, 3.8) is 0 Å². The maximum atomic E-state index is 12.0. The number of benzene rings is 1. The summed E-state index contributed by atoms with van der Waals surface area (Å²) in [6.07, 6.45) is 1.83. The van der Waals surface area contributed by atoms with Crippen LogP contribution < -0.4 is 10.6 Å². The zero-order chi connectivity index (χ0) is 16.8. The van der Waals surface area contributed by atoms with Gasteiger partial charge in [0.2, 0.25) is 5.91 Å². The second-order valence-electron chi connectivity index (χ2n) is 5.16. The van der Waals surface area contributed by atoms with Crippen molar-refractivity contribution in [1.82, 2.24) is 5.32 Å². The van der Waals surface area contributed by atoms with Crippen LogP contribution in [0.5, 0.6) is 0 Å². The maximum absolute atomic E-state index is 12.0. The van der Waals surface area contributed by atoms with Gasteiger partial charge in [-0.05, 0) is 41.3 Å². The summed E-state index contributed by atoms with van der Waals surface area (Å²) in [5.74, 6) is -0.0778. The number of rotatable bonds is 6. The summed E-state index contributed by atoms with van der Waals surface area (Å²) in [5, 5.41) is 7.60. The Balaban J connectivity index is 1.55. The number of thiophene rings is 1. The molecule has 0 saturated heterocycles. The van der Waals surface area contributed by atoms with Crippen LogP contribution in [0.3, 0.4) is 0 Å². The van der Waals surface area contributed by atoms with Gasteiger partial charge in [0.05, 0.1) is 12.7 Å². The van der Waals surface area contributed by atoms with Crippen molar-refractivity contribution in [2.45, 2.75) is 13.0 Å². The quantitative estimate of drug-likeness (QED) is 0.722. The van der Waals surface area contributed by atoms with E-state index in [1.165, 1.54) is 6.26 Å². The Morgan fingerprint density at radius 3 is 2.75 bits per heavy atom. The molecule has 0 fully saturated rings. The molecule has 0 radical (unpaired) electrons. The summed E-state index contributed by atoms with van der Waals surface area (Å²) in [6, 6.07) is 14.5. The topological polar surface area (TPSA) is 71.3 Å². The first-order valence-electron chi connectivity index (χ1n) is 7.43. The van der Waals surface area contributed by atoms with Crippen molar-refractivity contribution in [2.24, 2.45) is 0 Å². The first-order valence-corrected chi connectivity index (χ1v) is 8.31. The van der Waals surface area contributed by atoms with Gasteiger partial charge in [-0.1, -0.05) is 18.2 Å². The van der Waals surface area contributed by atoms with Crippen molar-refractivity contribution >= 4 is 28.8 Å². The fraction of sp³-hybridized carbons (Fsp3) is 0.111. The van der Waals surface area contributed by atoms with Crippen molar-refractivity contribution in [3.05, 3.63) is 76.4 Å². The van der Waals surface area contributed by atoms with Crippen LogP contribution in [0.2, 0.25) is 0 Å². The molecule has 0 unspecified atom stereocenters. The Morgan fingerprint density at radius 2 is 2.00 bits per heavy atom. The molecule has 6 heteroatoms. The molecular formula is C18H16N2O3S. The molecular weight excluding hydrogens is 324 g/mol. The zero-order valence-electron chi connectivity index (χ0n) is 12.8. The summed E-state index contributed by atoms with van der Waals surface area (Å²) in [4.78, 5) is 24.9. The minimum atomic E-state index is -0.307. The molecule has 0 aliphatic heterocycles. The van der Waals surface area contributed by atoms with Crippen LogP contribution in [-0.2, 0) is 17.8 Å². The van der Waals surface area contributed by atoms with Crippen molar-refractivity contribution in [2.75, 3.05) is 5.32 Å². The molecule has 0 atom stereocenters. The number of furan rings is 1. The van der Waals surface area contributed by atoms with Crippen LogP contribution in [0.1, 0.15) is 21.0 Å². The highest BCUT2D eigenvalue weighted by atomic mass is 32.1. The predicted molar refractivity (Wildman–Crippen MR) is 93.0 cm³/mol. The lowest BCUT2D eigenvalue weighted by molar-refractivity contribution is -0.120. The number of carbonyl (C=O) groups is 2. The smallest absolute Gasteiger partial charge is 0.291 e. The van der Waals surface area contributed by atoms with Crippen molar-refractivity contribution in [3.8, 4) is 0 Å². The van der Waals surface area contributed by atoms with Gasteiger partial charge in [0.15, 0.2) is 5.76 Å². The first-order chi connectivity index (χ1) is 11.7. The highest BCUT2D eigenvalue weighted by Gasteiger charge is 2.09. The largest absolute Gasteiger partial charge is 0.459 e. The molecule has 5 nitrogen and oxygen atoms in total. The Hall–Kier alpha value is -2.86. The summed E-state index contributed by atoms with van der Waals surface area (Å²) < 4.78 is 5.06. The van der Waals surface area contributed by atoms with Crippen LogP contribution in [0.25, 0.3) is 0 Å². The van der Waals surface area contributed by atoms with E-state index in [4.69, 9.17) is 4.42 Å². The van der Waals surface area contributed by atoms with E-state index in [1.54, 1.807) is 29.5 Å². The van der Waals surface area contributed by atoms with Crippen LogP contribution in [0.4, 0.5) is 5.69 Å². The van der Waals surface area contributed by atoms with Gasteiger partial charge in [-0.3, -0.25) is 9.59 Å². The molecule has 0 saturated carbocycles. The second-order valence-corrected chi connectivity index (χ2v) is 6.20. The molecule has 3 rings (SSSR count). The van der Waals surface area contributed by atoms with Crippen LogP contribution in [0.15, 0.2) is 64.6 Å². The third-order valence-electron chi connectivity index (χ3n) is 3.33. The van der Waals surface area contributed by atoms with Crippen molar-refractivity contribution in [1.29, 1.82) is 0 Å². The molecule has 24 heavy (non-hydrogen) atoms. The van der Waals surface area contributed by atoms with Crippen LogP contribution >= 0.6 is 11.3 Å². The number of carbonyl (C=O) groups excluding carboxylic acids is 2. The molecule has 0 bridgehead atoms. The average molecular weight is 340 g/mol. The standard InChI is InChI=1S/C18H16N2O3S/c21-17(11-15-6-3-9-24-15)19-12-13-4-1-5-14(10-13)20-18(22)16-7-2-8-23-16/h1-10H,11-12H2,(H,19,21)(H,20,22). The molecule has 2 aromatic heterocycles. The van der Waals surface area contributed by atoms with Gasteiger partial charge in [0.25, 0.3) is 5.91 Å². The molecule has 1 aromatic carbocycles. The Kier molecular flexibility index (Phi) is 5.08. The molecule has 0 aliphatic carbocycles. The second kappa shape index (κ2) is 7.61. The van der Waals surface area contributed by atoms with E-state index in [-0.39, 0.29) is 17.6 Å². The maximum Gasteiger partial charge on any atom is 0.291 e. The number of anilines is 1. The molecule has 0 aliphatic rings. The lowest BCUT2D eigenvalue weighted by Crippen LogP contribution is -2.24. The van der Waals surface area contributed by atoms with Gasteiger partial charge in [-0.25, -0.2) is 0 Å². The SMILES string of the molecule is O=C(Cc1cccs1)NCc1cccc(NC(=O)c2ccco2)c1. The molecule has 2 amide bonds. The monoisotopic (exact) mass is 340 g/mol. The van der Waals surface area contributed by atoms with Crippen molar-refractivity contribution < 1.29 is 14.0 Å². The first kappa shape index (κ1) is 16.0. The van der Waals surface area contributed by atoms with Crippen LogP contribution in [0, 0.1) is 0 Å². The summed E-state index contributed by atoms with van der Waals surface area (Å²) in [5.41, 5.74) is 1.56. The van der Waals surface area contributed by atoms with E-state index >= 15 is 0 Å². The van der Waals surface area contributed by atoms with E-state index in [0.717, 1.165) is 10.4 Å². The van der Waals surface area contributed by atoms with E-state index < -0.39 is 0 Å². The van der Waals surface area contributed by atoms with Gasteiger partial charge < -0.3 is 15.1 Å². The summed E-state index contributed by atoms with van der Waals surface area (Å²) in [6.45, 7) is 0.411. The van der Waals surface area contributed by atoms with E-state index in [2.05, 4.69) is 10.6 Å². The fourth-order valence-electron chi connectivity index (χ4n) is 2.19. The highest BCUT2D eigenvalue weighted by molar-refractivity contribution is 7.10. The van der Waals surface area contributed by atoms with Gasteiger partial charge in [-0.2, -0.15) is 0 Å². The molecule has 122 valence electrons. The third kappa shape index (κ3) is 4.33. The average Bonchev–Trinajstić information content (AvgIpc) is 3.27. The minimum Gasteiger partial charge on any atom is -0.459 e. The lowest BCUT2D eigenvalue weighted by atomic mass is 10.2. The summed E-state index contributed by atoms with van der Waals surface area (Å²) in [7, 11) is 0. The number of hydrogen-bond acceptors (Lipinski definition) is 4. The fourth-order valence-corrected chi connectivity index (χ4v) is 2.90. The normalized spacial score (nSPS) is 10.3. The minimum absolute atomic E-state index is 0.0255. The molecule has 2 heterocycles.